The van der Waals surface area contributed by atoms with Gasteiger partial charge in [-0.25, -0.2) is 0 Å². The zero-order chi connectivity index (χ0) is 17.6. The van der Waals surface area contributed by atoms with Gasteiger partial charge in [-0.2, -0.15) is 4.98 Å². The summed E-state index contributed by atoms with van der Waals surface area (Å²) < 4.78 is 15.7. The number of aromatic nitrogens is 2. The number of hydrazine groups is 1. The Kier molecular flexibility index (Phi) is 5.39. The Labute approximate surface area is 147 Å². The zero-order valence-corrected chi connectivity index (χ0v) is 14.2. The lowest BCUT2D eigenvalue weighted by Crippen LogP contribution is -2.42. The fourth-order valence-electron chi connectivity index (χ4n) is 2.05. The van der Waals surface area contributed by atoms with E-state index in [4.69, 9.17) is 14.0 Å². The van der Waals surface area contributed by atoms with Crippen molar-refractivity contribution in [1.29, 1.82) is 0 Å². The molecule has 0 bridgehead atoms. The lowest BCUT2D eigenvalue weighted by Gasteiger charge is -2.18. The molecule has 10 heteroatoms. The van der Waals surface area contributed by atoms with Crippen LogP contribution in [0.3, 0.4) is 0 Å². The monoisotopic (exact) mass is 364 g/mol. The van der Waals surface area contributed by atoms with Crippen LogP contribution in [-0.4, -0.2) is 40.9 Å². The molecule has 1 aromatic heterocycles. The first-order valence-corrected chi connectivity index (χ1v) is 8.63. The lowest BCUT2D eigenvalue weighted by atomic mass is 10.2. The van der Waals surface area contributed by atoms with Gasteiger partial charge in [0, 0.05) is 12.5 Å². The number of carbonyl (C=O) groups excluding carboxylic acids is 2. The van der Waals surface area contributed by atoms with Gasteiger partial charge in [-0.1, -0.05) is 5.16 Å². The van der Waals surface area contributed by atoms with E-state index in [9.17, 15) is 9.59 Å². The van der Waals surface area contributed by atoms with Crippen molar-refractivity contribution >= 4 is 23.6 Å². The predicted octanol–water partition coefficient (Wildman–Crippen LogP) is 0.844. The quantitative estimate of drug-likeness (QED) is 0.750. The highest BCUT2D eigenvalue weighted by Gasteiger charge is 2.15. The molecule has 0 radical (unpaired) electrons. The number of thioether (sulfide) groups is 1. The molecule has 0 fully saturated rings. The number of carbonyl (C=O) groups is 2. The average molecular weight is 364 g/mol. The van der Waals surface area contributed by atoms with E-state index in [1.165, 1.54) is 11.8 Å². The van der Waals surface area contributed by atoms with Gasteiger partial charge in [0.1, 0.15) is 13.2 Å². The van der Waals surface area contributed by atoms with Crippen molar-refractivity contribution in [2.45, 2.75) is 12.7 Å². The zero-order valence-electron chi connectivity index (χ0n) is 13.4. The fraction of sp³-hybridized carbons (Fsp3) is 0.333. The van der Waals surface area contributed by atoms with Gasteiger partial charge >= 0.3 is 0 Å². The third kappa shape index (κ3) is 4.63. The molecule has 1 aliphatic rings. The van der Waals surface area contributed by atoms with Crippen molar-refractivity contribution in [2.24, 2.45) is 0 Å². The van der Waals surface area contributed by atoms with Gasteiger partial charge in [-0.3, -0.25) is 20.4 Å². The minimum atomic E-state index is -0.441. The van der Waals surface area contributed by atoms with Gasteiger partial charge in [-0.05, 0) is 18.2 Å². The Balaban J connectivity index is 1.43. The minimum Gasteiger partial charge on any atom is -0.486 e. The summed E-state index contributed by atoms with van der Waals surface area (Å²) in [6.07, 6.45) is 0. The predicted molar refractivity (Wildman–Crippen MR) is 88.2 cm³/mol. The van der Waals surface area contributed by atoms with Crippen LogP contribution in [0.25, 0.3) is 0 Å². The van der Waals surface area contributed by atoms with Crippen molar-refractivity contribution in [3.63, 3.8) is 0 Å². The molecule has 0 spiro atoms. The van der Waals surface area contributed by atoms with E-state index >= 15 is 0 Å². The average Bonchev–Trinajstić information content (AvgIpc) is 3.04. The highest BCUT2D eigenvalue weighted by molar-refractivity contribution is 7.99. The topological polar surface area (TPSA) is 116 Å². The summed E-state index contributed by atoms with van der Waals surface area (Å²) in [5.74, 6) is 1.93. The first-order valence-electron chi connectivity index (χ1n) is 7.47. The number of nitrogens with one attached hydrogen (secondary N) is 2. The number of nitrogens with zero attached hydrogens (tertiary/aromatic N) is 2. The molecule has 0 aliphatic carbocycles. The van der Waals surface area contributed by atoms with Crippen molar-refractivity contribution in [2.75, 3.05) is 19.0 Å². The van der Waals surface area contributed by atoms with Gasteiger partial charge in [0.05, 0.1) is 11.5 Å². The molecule has 0 saturated carbocycles. The molecule has 0 unspecified atom stereocenters. The number of benzene rings is 1. The molecule has 2 amide bonds. The molecule has 132 valence electrons. The highest BCUT2D eigenvalue weighted by Crippen LogP contribution is 2.30. The summed E-state index contributed by atoms with van der Waals surface area (Å²) in [6, 6.07) is 4.83. The second kappa shape index (κ2) is 7.88. The maximum Gasteiger partial charge on any atom is 0.269 e. The first kappa shape index (κ1) is 17.1. The van der Waals surface area contributed by atoms with Crippen LogP contribution >= 0.6 is 11.8 Å². The van der Waals surface area contributed by atoms with Gasteiger partial charge in [0.25, 0.3) is 5.91 Å². The molecular weight excluding hydrogens is 348 g/mol. The molecule has 1 aromatic carbocycles. The van der Waals surface area contributed by atoms with Gasteiger partial charge in [0.15, 0.2) is 17.3 Å². The van der Waals surface area contributed by atoms with Crippen LogP contribution in [0, 0.1) is 6.92 Å². The summed E-state index contributed by atoms with van der Waals surface area (Å²) in [6.45, 7) is 2.61. The summed E-state index contributed by atoms with van der Waals surface area (Å²) in [5.41, 5.74) is 5.08. The number of fused-ring (bicyclic) bond motifs is 1. The van der Waals surface area contributed by atoms with Gasteiger partial charge in [0.2, 0.25) is 11.8 Å². The number of hydrogen-bond donors (Lipinski definition) is 2. The molecule has 1 aliphatic heterocycles. The van der Waals surface area contributed by atoms with Crippen LogP contribution in [0.1, 0.15) is 22.1 Å². The van der Waals surface area contributed by atoms with Crippen LogP contribution < -0.4 is 20.3 Å². The maximum absolute atomic E-state index is 12.1. The molecule has 2 heterocycles. The van der Waals surface area contributed by atoms with E-state index in [-0.39, 0.29) is 11.7 Å². The third-order valence-electron chi connectivity index (χ3n) is 3.15. The first-order chi connectivity index (χ1) is 12.1. The van der Waals surface area contributed by atoms with E-state index in [2.05, 4.69) is 21.0 Å². The highest BCUT2D eigenvalue weighted by atomic mass is 32.2. The summed E-state index contributed by atoms with van der Waals surface area (Å²) >= 11 is 1.31. The second-order valence-electron chi connectivity index (χ2n) is 5.08. The third-order valence-corrected chi connectivity index (χ3v) is 4.08. The molecule has 0 saturated heterocycles. The Hall–Kier alpha value is -2.75. The molecule has 0 atom stereocenters. The summed E-state index contributed by atoms with van der Waals surface area (Å²) in [7, 11) is 0. The van der Waals surface area contributed by atoms with Gasteiger partial charge in [-0.15, -0.1) is 11.8 Å². The van der Waals surface area contributed by atoms with Crippen molar-refractivity contribution in [3.8, 4) is 11.5 Å². The summed E-state index contributed by atoms with van der Waals surface area (Å²) in [5, 5.41) is 3.73. The van der Waals surface area contributed by atoms with Crippen LogP contribution in [-0.2, 0) is 10.5 Å². The standard InChI is InChI=1S/C15H16N4O5S/c1-9-16-13(19-24-9)7-25-8-14(20)17-18-15(21)10-2-3-11-12(6-10)23-5-4-22-11/h2-3,6H,4-5,7-8H2,1H3,(H,17,20)(H,18,21). The SMILES string of the molecule is Cc1nc(CSCC(=O)NNC(=O)c2ccc3c(c2)OCCO3)no1. The van der Waals surface area contributed by atoms with Crippen molar-refractivity contribution < 1.29 is 23.6 Å². The van der Waals surface area contributed by atoms with Crippen molar-refractivity contribution in [3.05, 3.63) is 35.5 Å². The number of amides is 2. The maximum atomic E-state index is 12.1. The van der Waals surface area contributed by atoms with E-state index < -0.39 is 5.91 Å². The Morgan fingerprint density at radius 2 is 2.00 bits per heavy atom. The van der Waals surface area contributed by atoms with Gasteiger partial charge < -0.3 is 14.0 Å². The van der Waals surface area contributed by atoms with Crippen LogP contribution in [0.5, 0.6) is 11.5 Å². The van der Waals surface area contributed by atoms with Crippen LogP contribution in [0.4, 0.5) is 0 Å². The van der Waals surface area contributed by atoms with E-state index in [1.54, 1.807) is 25.1 Å². The number of ether oxygens (including phenoxy) is 2. The van der Waals surface area contributed by atoms with E-state index in [0.717, 1.165) is 0 Å². The number of rotatable bonds is 5. The Morgan fingerprint density at radius 1 is 1.20 bits per heavy atom. The van der Waals surface area contributed by atoms with E-state index in [0.29, 0.717) is 47.7 Å². The van der Waals surface area contributed by atoms with E-state index in [1.807, 2.05) is 0 Å². The summed E-state index contributed by atoms with van der Waals surface area (Å²) in [4.78, 5) is 27.9. The molecule has 9 nitrogen and oxygen atoms in total. The second-order valence-corrected chi connectivity index (χ2v) is 6.07. The Bertz CT molecular complexity index is 779. The normalized spacial score (nSPS) is 12.5. The molecule has 25 heavy (non-hydrogen) atoms. The lowest BCUT2D eigenvalue weighted by molar-refractivity contribution is -0.119. The smallest absolute Gasteiger partial charge is 0.269 e. The molecular formula is C15H16N4O5S. The largest absolute Gasteiger partial charge is 0.486 e. The van der Waals surface area contributed by atoms with Crippen molar-refractivity contribution in [1.82, 2.24) is 21.0 Å². The van der Waals surface area contributed by atoms with Crippen LogP contribution in [0.15, 0.2) is 22.7 Å². The Morgan fingerprint density at radius 3 is 2.76 bits per heavy atom. The fourth-order valence-corrected chi connectivity index (χ4v) is 2.71. The number of hydrogen-bond acceptors (Lipinski definition) is 8. The number of aryl methyl sites for hydroxylation is 1. The molecule has 2 N–H and O–H groups in total. The molecule has 2 aromatic rings. The molecule has 3 rings (SSSR count). The minimum absolute atomic E-state index is 0.148. The van der Waals surface area contributed by atoms with Crippen LogP contribution in [0.2, 0.25) is 0 Å².